The SMILES string of the molecule is O=C(NCc1ccc(F)cc1)c1cn2c(c(O)c1=O)C(=O)N(C1CCCOC1)C(O)C2. The first kappa shape index (κ1) is 21.0. The Labute approximate surface area is 176 Å². The van der Waals surface area contributed by atoms with Gasteiger partial charge in [0.05, 0.1) is 19.2 Å². The highest BCUT2D eigenvalue weighted by Gasteiger charge is 2.39. The van der Waals surface area contributed by atoms with Gasteiger partial charge in [-0.05, 0) is 30.5 Å². The Morgan fingerprint density at radius 3 is 2.68 bits per heavy atom. The third-order valence-electron chi connectivity index (χ3n) is 5.51. The number of hydrogen-bond acceptors (Lipinski definition) is 6. The minimum Gasteiger partial charge on any atom is -0.503 e. The predicted molar refractivity (Wildman–Crippen MR) is 106 cm³/mol. The Kier molecular flexibility index (Phi) is 5.75. The third-order valence-corrected chi connectivity index (χ3v) is 5.51. The van der Waals surface area contributed by atoms with Crippen molar-refractivity contribution < 1.29 is 28.9 Å². The van der Waals surface area contributed by atoms with Crippen LogP contribution in [-0.2, 0) is 17.8 Å². The number of nitrogens with one attached hydrogen (secondary N) is 1. The quantitative estimate of drug-likeness (QED) is 0.651. The number of hydrogen-bond donors (Lipinski definition) is 3. The average molecular weight is 431 g/mol. The number of rotatable bonds is 4. The summed E-state index contributed by atoms with van der Waals surface area (Å²) in [5.74, 6) is -2.70. The second-order valence-corrected chi connectivity index (χ2v) is 7.59. The standard InChI is InChI=1S/C21H22FN3O6/c22-13-5-3-12(4-6-13)8-23-20(29)15-9-24-10-16(26)25(14-2-1-7-31-11-14)21(30)17(24)19(28)18(15)27/h3-6,9,14,16,26,28H,1-2,7-8,10-11H2,(H,23,29). The maximum absolute atomic E-state index is 13.0. The molecule has 1 aromatic heterocycles. The molecule has 2 unspecified atom stereocenters. The van der Waals surface area contributed by atoms with Crippen LogP contribution < -0.4 is 10.7 Å². The second kappa shape index (κ2) is 8.48. The van der Waals surface area contributed by atoms with Gasteiger partial charge in [-0.3, -0.25) is 14.4 Å². The Balaban J connectivity index is 1.59. The first-order valence-electron chi connectivity index (χ1n) is 9.94. The van der Waals surface area contributed by atoms with Crippen molar-refractivity contribution in [2.24, 2.45) is 0 Å². The minimum atomic E-state index is -1.19. The van der Waals surface area contributed by atoms with Crippen molar-refractivity contribution in [1.82, 2.24) is 14.8 Å². The van der Waals surface area contributed by atoms with Crippen LogP contribution in [0.2, 0.25) is 0 Å². The van der Waals surface area contributed by atoms with Gasteiger partial charge < -0.3 is 29.7 Å². The molecular formula is C21H22FN3O6. The summed E-state index contributed by atoms with van der Waals surface area (Å²) < 4.78 is 19.6. The number of aromatic hydroxyl groups is 1. The molecule has 0 bridgehead atoms. The van der Waals surface area contributed by atoms with E-state index >= 15 is 0 Å². The summed E-state index contributed by atoms with van der Waals surface area (Å²) in [4.78, 5) is 39.4. The first-order chi connectivity index (χ1) is 14.9. The van der Waals surface area contributed by atoms with E-state index in [9.17, 15) is 29.0 Å². The largest absolute Gasteiger partial charge is 0.503 e. The molecular weight excluding hydrogens is 409 g/mol. The lowest BCUT2D eigenvalue weighted by Crippen LogP contribution is -2.55. The molecule has 2 amide bonds. The Morgan fingerprint density at radius 1 is 1.26 bits per heavy atom. The molecule has 10 heteroatoms. The lowest BCUT2D eigenvalue weighted by molar-refractivity contribution is -0.0642. The molecule has 0 saturated carbocycles. The van der Waals surface area contributed by atoms with Gasteiger partial charge >= 0.3 is 0 Å². The topological polar surface area (TPSA) is 121 Å². The Bertz CT molecular complexity index is 1060. The molecule has 31 heavy (non-hydrogen) atoms. The van der Waals surface area contributed by atoms with Crippen LogP contribution in [0.1, 0.15) is 39.3 Å². The van der Waals surface area contributed by atoms with Crippen molar-refractivity contribution in [1.29, 1.82) is 0 Å². The van der Waals surface area contributed by atoms with Gasteiger partial charge in [-0.25, -0.2) is 4.39 Å². The summed E-state index contributed by atoms with van der Waals surface area (Å²) >= 11 is 0. The van der Waals surface area contributed by atoms with E-state index in [2.05, 4.69) is 5.32 Å². The highest BCUT2D eigenvalue weighted by atomic mass is 19.1. The van der Waals surface area contributed by atoms with Crippen LogP contribution in [0.4, 0.5) is 4.39 Å². The van der Waals surface area contributed by atoms with Gasteiger partial charge in [0.1, 0.15) is 17.6 Å². The third kappa shape index (κ3) is 4.04. The van der Waals surface area contributed by atoms with E-state index in [1.165, 1.54) is 33.7 Å². The minimum absolute atomic E-state index is 0.0398. The van der Waals surface area contributed by atoms with Gasteiger partial charge in [0.15, 0.2) is 11.4 Å². The molecule has 0 radical (unpaired) electrons. The average Bonchev–Trinajstić information content (AvgIpc) is 2.76. The van der Waals surface area contributed by atoms with E-state index < -0.39 is 35.0 Å². The van der Waals surface area contributed by atoms with Crippen LogP contribution in [0.3, 0.4) is 0 Å². The first-order valence-corrected chi connectivity index (χ1v) is 9.94. The maximum Gasteiger partial charge on any atom is 0.276 e. The van der Waals surface area contributed by atoms with Crippen LogP contribution in [-0.4, -0.2) is 57.0 Å². The van der Waals surface area contributed by atoms with Gasteiger partial charge in [0.25, 0.3) is 11.8 Å². The molecule has 3 heterocycles. The zero-order valence-corrected chi connectivity index (χ0v) is 16.6. The summed E-state index contributed by atoms with van der Waals surface area (Å²) in [7, 11) is 0. The van der Waals surface area contributed by atoms with E-state index in [0.717, 1.165) is 12.6 Å². The number of fused-ring (bicyclic) bond motifs is 1. The van der Waals surface area contributed by atoms with Gasteiger partial charge in [0, 0.05) is 19.3 Å². The fourth-order valence-electron chi connectivity index (χ4n) is 3.93. The second-order valence-electron chi connectivity index (χ2n) is 7.59. The molecule has 1 aromatic carbocycles. The summed E-state index contributed by atoms with van der Waals surface area (Å²) in [5.41, 5.74) is -0.991. The zero-order chi connectivity index (χ0) is 22.1. The number of carbonyl (C=O) groups excluding carboxylic acids is 2. The summed E-state index contributed by atoms with van der Waals surface area (Å²) in [6.07, 6.45) is 1.33. The van der Waals surface area contributed by atoms with Crippen molar-refractivity contribution in [3.05, 3.63) is 63.3 Å². The molecule has 4 rings (SSSR count). The molecule has 164 valence electrons. The van der Waals surface area contributed by atoms with Gasteiger partial charge in [-0.1, -0.05) is 12.1 Å². The molecule has 1 fully saturated rings. The number of pyridine rings is 1. The Morgan fingerprint density at radius 2 is 2.00 bits per heavy atom. The van der Waals surface area contributed by atoms with E-state index in [0.29, 0.717) is 18.6 Å². The highest BCUT2D eigenvalue weighted by molar-refractivity contribution is 5.99. The van der Waals surface area contributed by atoms with E-state index in [1.807, 2.05) is 0 Å². The van der Waals surface area contributed by atoms with Crippen LogP contribution in [0.15, 0.2) is 35.3 Å². The van der Waals surface area contributed by atoms with Crippen LogP contribution in [0.25, 0.3) is 0 Å². The van der Waals surface area contributed by atoms with Crippen LogP contribution in [0, 0.1) is 5.82 Å². The van der Waals surface area contributed by atoms with Gasteiger partial charge in [0.2, 0.25) is 5.43 Å². The van der Waals surface area contributed by atoms with Crippen molar-refractivity contribution in [2.45, 2.75) is 38.2 Å². The summed E-state index contributed by atoms with van der Waals surface area (Å²) in [5, 5.41) is 23.5. The molecule has 3 N–H and O–H groups in total. The monoisotopic (exact) mass is 431 g/mol. The van der Waals surface area contributed by atoms with Crippen molar-refractivity contribution in [3.63, 3.8) is 0 Å². The summed E-state index contributed by atoms with van der Waals surface area (Å²) in [6, 6.07) is 5.11. The number of ether oxygens (including phenoxy) is 1. The number of halogens is 1. The van der Waals surface area contributed by atoms with Gasteiger partial charge in [-0.2, -0.15) is 0 Å². The van der Waals surface area contributed by atoms with Crippen molar-refractivity contribution in [3.8, 4) is 5.75 Å². The van der Waals surface area contributed by atoms with Crippen LogP contribution in [0.5, 0.6) is 5.75 Å². The van der Waals surface area contributed by atoms with E-state index in [1.54, 1.807) is 0 Å². The number of aromatic nitrogens is 1. The Hall–Kier alpha value is -3.24. The molecule has 2 aliphatic rings. The molecule has 1 saturated heterocycles. The molecule has 2 aromatic rings. The zero-order valence-electron chi connectivity index (χ0n) is 16.6. The number of nitrogens with zero attached hydrogens (tertiary/aromatic N) is 2. The van der Waals surface area contributed by atoms with Crippen LogP contribution >= 0.6 is 0 Å². The normalized spacial score (nSPS) is 21.0. The summed E-state index contributed by atoms with van der Waals surface area (Å²) in [6.45, 7) is 0.770. The van der Waals surface area contributed by atoms with Gasteiger partial charge in [-0.15, -0.1) is 0 Å². The van der Waals surface area contributed by atoms with E-state index in [4.69, 9.17) is 4.74 Å². The molecule has 0 spiro atoms. The molecule has 2 atom stereocenters. The van der Waals surface area contributed by atoms with Crippen molar-refractivity contribution in [2.75, 3.05) is 13.2 Å². The fourth-order valence-corrected chi connectivity index (χ4v) is 3.93. The predicted octanol–water partition coefficient (Wildman–Crippen LogP) is 0.576. The number of carbonyl (C=O) groups is 2. The fraction of sp³-hybridized carbons (Fsp3) is 0.381. The number of aliphatic hydroxyl groups is 1. The number of aliphatic hydroxyl groups excluding tert-OH is 1. The highest BCUT2D eigenvalue weighted by Crippen LogP contribution is 2.27. The number of amides is 2. The lowest BCUT2D eigenvalue weighted by atomic mass is 10.0. The molecule has 9 nitrogen and oxygen atoms in total. The smallest absolute Gasteiger partial charge is 0.276 e. The lowest BCUT2D eigenvalue weighted by Gasteiger charge is -2.41. The van der Waals surface area contributed by atoms with Crippen molar-refractivity contribution >= 4 is 11.8 Å². The molecule has 0 aliphatic carbocycles. The van der Waals surface area contributed by atoms with E-state index in [-0.39, 0.29) is 37.0 Å². The molecule has 2 aliphatic heterocycles. The number of benzene rings is 1. The maximum atomic E-state index is 13.0.